The molecular weight excluding hydrogens is 490 g/mol. The van der Waals surface area contributed by atoms with Gasteiger partial charge in [-0.15, -0.1) is 0 Å². The van der Waals surface area contributed by atoms with Gasteiger partial charge in [-0.3, -0.25) is 28.9 Å². The van der Waals surface area contributed by atoms with Crippen LogP contribution in [-0.4, -0.2) is 72.5 Å². The molecule has 0 bridgehead atoms. The molecule has 0 fully saturated rings. The smallest absolute Gasteiger partial charge is 0.307 e. The number of nitrogens with zero attached hydrogens (tertiary/aromatic N) is 2. The minimum absolute atomic E-state index is 0. The lowest BCUT2D eigenvalue weighted by Gasteiger charge is -2.11. The number of amides is 2. The van der Waals surface area contributed by atoms with E-state index in [4.69, 9.17) is 16.6 Å². The van der Waals surface area contributed by atoms with Crippen LogP contribution in [0.2, 0.25) is 0 Å². The van der Waals surface area contributed by atoms with Crippen LogP contribution in [0.4, 0.5) is 0 Å². The summed E-state index contributed by atoms with van der Waals surface area (Å²) in [6, 6.07) is 0. The number of likely N-dealkylation sites (N-methyl/N-ethyl adjacent to an activating group) is 1. The van der Waals surface area contributed by atoms with Crippen molar-refractivity contribution in [1.29, 1.82) is 0 Å². The molecule has 37 heavy (non-hydrogen) atoms. The first kappa shape index (κ1) is 45.6. The predicted molar refractivity (Wildman–Crippen MR) is 136 cm³/mol. The molecule has 1 heterocycles. The highest BCUT2D eigenvalue weighted by Crippen LogP contribution is 2.02. The first-order valence-corrected chi connectivity index (χ1v) is 9.09. The van der Waals surface area contributed by atoms with Crippen LogP contribution in [0, 0.1) is 45.5 Å². The van der Waals surface area contributed by atoms with Gasteiger partial charge < -0.3 is 29.9 Å². The molecule has 1 unspecified atom stereocenters. The van der Waals surface area contributed by atoms with Gasteiger partial charge in [0.25, 0.3) is 11.8 Å². The topological polar surface area (TPSA) is 190 Å². The van der Waals surface area contributed by atoms with Crippen LogP contribution in [0.1, 0.15) is 50.7 Å². The van der Waals surface area contributed by atoms with Gasteiger partial charge in [0.1, 0.15) is 17.6 Å². The van der Waals surface area contributed by atoms with Crippen molar-refractivity contribution in [3.8, 4) is 25.1 Å². The summed E-state index contributed by atoms with van der Waals surface area (Å²) in [6.07, 6.45) is 10.6. The number of carbonyl (C=O) groups is 5. The maximum atomic E-state index is 11.1. The molecule has 14 heteroatoms. The Kier molecular flexibility index (Phi) is 38.4. The summed E-state index contributed by atoms with van der Waals surface area (Å²) in [6.45, 7) is 12.0. The van der Waals surface area contributed by atoms with Crippen molar-refractivity contribution in [2.24, 2.45) is 0 Å². The van der Waals surface area contributed by atoms with E-state index in [9.17, 15) is 19.2 Å². The summed E-state index contributed by atoms with van der Waals surface area (Å²) in [7, 11) is 4.37. The third-order valence-electron chi connectivity index (χ3n) is 2.75. The van der Waals surface area contributed by atoms with E-state index in [1.807, 2.05) is 13.8 Å². The van der Waals surface area contributed by atoms with E-state index in [0.29, 0.717) is 5.69 Å². The molecule has 2 amide bonds. The van der Waals surface area contributed by atoms with Gasteiger partial charge in [0, 0.05) is 26.7 Å². The lowest BCUT2D eigenvalue weighted by molar-refractivity contribution is -0.171. The second-order valence-electron chi connectivity index (χ2n) is 5.35. The maximum absolute atomic E-state index is 11.1. The SMILES string of the molecule is C.C.C#COC=O.C#COO.CNC(=O)C(OC(C)=O)C(C)=O.CNC(=O)c1nc(C)[nH]c1C.[C-]#[N+]C. The number of ketones is 1. The van der Waals surface area contributed by atoms with Gasteiger partial charge in [-0.25, -0.2) is 11.6 Å². The highest BCUT2D eigenvalue weighted by Gasteiger charge is 2.24. The standard InChI is InChI=1S/C7H11N3O.C7H11NO4.C3H2O2.C2H3N.C2H2O2.2CH4/c1-4-6(7(11)8-3)10-5(2)9-4;1-4(9)6(7(11)8-3)12-5(2)10;1-2-5-3-4;1-3-2;1-2-4-3;;/h1-3H3,(H,8,11)(H,9,10);6H,1-3H3,(H,8,11);1,3H;1H3;1,3H;2*1H4. The van der Waals surface area contributed by atoms with Crippen molar-refractivity contribution < 1.29 is 43.6 Å². The van der Waals surface area contributed by atoms with Crippen LogP contribution in [0.5, 0.6) is 0 Å². The van der Waals surface area contributed by atoms with E-state index in [1.54, 1.807) is 13.2 Å². The molecular formula is C23H37N5O9. The average Bonchev–Trinajstić information content (AvgIpc) is 3.16. The van der Waals surface area contributed by atoms with Crippen molar-refractivity contribution >= 4 is 30.0 Å². The number of terminal acetylenes is 2. The fourth-order valence-corrected chi connectivity index (χ4v) is 1.60. The van der Waals surface area contributed by atoms with Crippen molar-refractivity contribution in [2.75, 3.05) is 21.1 Å². The molecule has 14 nitrogen and oxygen atoms in total. The number of carbonyl (C=O) groups excluding carboxylic acids is 5. The molecule has 0 aliphatic heterocycles. The van der Waals surface area contributed by atoms with Crippen LogP contribution >= 0.6 is 0 Å². The molecule has 0 radical (unpaired) electrons. The highest BCUT2D eigenvalue weighted by atomic mass is 17.1. The molecule has 0 aliphatic carbocycles. The second kappa shape index (κ2) is 31.1. The lowest BCUT2D eigenvalue weighted by Crippen LogP contribution is -2.40. The zero-order chi connectivity index (χ0) is 28.4. The number of Topliss-reactive ketones (excluding diaryl/α,β-unsaturated/α-hetero) is 1. The quantitative estimate of drug-likeness (QED) is 0.0824. The number of hydrogen-bond acceptors (Lipinski definition) is 10. The van der Waals surface area contributed by atoms with Crippen molar-refractivity contribution in [2.45, 2.75) is 48.7 Å². The number of ether oxygens (including phenoxy) is 2. The number of H-pyrrole nitrogens is 1. The average molecular weight is 528 g/mol. The molecule has 0 aliphatic rings. The Bertz CT molecular complexity index is 923. The zero-order valence-electron chi connectivity index (χ0n) is 20.4. The van der Waals surface area contributed by atoms with Crippen LogP contribution < -0.4 is 10.6 Å². The number of esters is 1. The van der Waals surface area contributed by atoms with Gasteiger partial charge in [-0.2, -0.15) is 5.26 Å². The number of imidazole rings is 1. The second-order valence-corrected chi connectivity index (χ2v) is 5.35. The van der Waals surface area contributed by atoms with E-state index in [2.05, 4.69) is 52.7 Å². The maximum Gasteiger partial charge on any atom is 0.307 e. The first-order valence-electron chi connectivity index (χ1n) is 9.09. The summed E-state index contributed by atoms with van der Waals surface area (Å²) >= 11 is 0. The third kappa shape index (κ3) is 29.1. The van der Waals surface area contributed by atoms with Gasteiger partial charge in [-0.1, -0.05) is 27.7 Å². The number of aromatic nitrogens is 2. The van der Waals surface area contributed by atoms with Gasteiger partial charge in [0.05, 0.1) is 0 Å². The Morgan fingerprint density at radius 2 is 1.59 bits per heavy atom. The number of hydrogen-bond donors (Lipinski definition) is 4. The summed E-state index contributed by atoms with van der Waals surface area (Å²) in [5.41, 5.74) is 1.28. The third-order valence-corrected chi connectivity index (χ3v) is 2.75. The minimum Gasteiger partial charge on any atom is -0.444 e. The zero-order valence-corrected chi connectivity index (χ0v) is 20.4. The number of aryl methyl sites for hydroxylation is 2. The molecule has 1 aromatic rings. The molecule has 208 valence electrons. The first-order chi connectivity index (χ1) is 16.4. The fourth-order valence-electron chi connectivity index (χ4n) is 1.60. The minimum atomic E-state index is -1.31. The molecule has 0 saturated carbocycles. The van der Waals surface area contributed by atoms with E-state index in [-0.39, 0.29) is 27.2 Å². The molecule has 0 saturated heterocycles. The number of nitrogens with one attached hydrogen (secondary N) is 3. The summed E-state index contributed by atoms with van der Waals surface area (Å²) < 4.78 is 8.14. The molecule has 1 rings (SSSR count). The molecule has 1 atom stereocenters. The Hall–Kier alpha value is -4.87. The van der Waals surface area contributed by atoms with Crippen LogP contribution in [0.15, 0.2) is 0 Å². The normalized spacial score (nSPS) is 7.92. The lowest BCUT2D eigenvalue weighted by atomic mass is 10.2. The summed E-state index contributed by atoms with van der Waals surface area (Å²) in [5, 5.41) is 11.9. The Labute approximate surface area is 218 Å². The largest absolute Gasteiger partial charge is 0.444 e. The molecule has 0 spiro atoms. The van der Waals surface area contributed by atoms with Gasteiger partial charge in [-0.05, 0) is 20.8 Å². The Morgan fingerprint density at radius 3 is 1.78 bits per heavy atom. The summed E-state index contributed by atoms with van der Waals surface area (Å²) in [4.78, 5) is 64.9. The molecule has 4 N–H and O–H groups in total. The van der Waals surface area contributed by atoms with Crippen molar-refractivity contribution in [1.82, 2.24) is 20.6 Å². The van der Waals surface area contributed by atoms with Crippen LogP contribution in [-0.2, 0) is 33.5 Å². The summed E-state index contributed by atoms with van der Waals surface area (Å²) in [5.74, 6) is -1.14. The highest BCUT2D eigenvalue weighted by molar-refractivity contribution is 6.04. The van der Waals surface area contributed by atoms with Crippen LogP contribution in [0.3, 0.4) is 0 Å². The Morgan fingerprint density at radius 1 is 1.14 bits per heavy atom. The molecule has 1 aromatic heterocycles. The van der Waals surface area contributed by atoms with Gasteiger partial charge >= 0.3 is 12.4 Å². The fraction of sp³-hybridized carbons (Fsp3) is 0.435. The monoisotopic (exact) mass is 527 g/mol. The van der Waals surface area contributed by atoms with E-state index in [0.717, 1.165) is 18.4 Å². The van der Waals surface area contributed by atoms with Crippen molar-refractivity contribution in [3.05, 3.63) is 28.6 Å². The van der Waals surface area contributed by atoms with Crippen molar-refractivity contribution in [3.63, 3.8) is 0 Å². The number of rotatable bonds is 5. The van der Waals surface area contributed by atoms with Gasteiger partial charge in [0.15, 0.2) is 11.9 Å². The van der Waals surface area contributed by atoms with Gasteiger partial charge in [0.2, 0.25) is 13.2 Å². The van der Waals surface area contributed by atoms with E-state index < -0.39 is 23.8 Å². The predicted octanol–water partition coefficient (Wildman–Crippen LogP) is 1.26. The Balaban J connectivity index is -0.0000000882. The van der Waals surface area contributed by atoms with E-state index >= 15 is 0 Å². The number of aromatic amines is 1. The molecule has 0 aromatic carbocycles. The van der Waals surface area contributed by atoms with Crippen LogP contribution in [0.25, 0.3) is 4.85 Å². The van der Waals surface area contributed by atoms with E-state index in [1.165, 1.54) is 27.1 Å².